The van der Waals surface area contributed by atoms with Crippen LogP contribution in [0, 0.1) is 5.92 Å². The van der Waals surface area contributed by atoms with E-state index in [1.807, 2.05) is 4.90 Å². The smallest absolute Gasteiger partial charge is 0.382 e. The molecule has 222 valence electrons. The minimum absolute atomic E-state index is 0. The van der Waals surface area contributed by atoms with E-state index in [2.05, 4.69) is 60.2 Å². The molecule has 1 amide bonds. The summed E-state index contributed by atoms with van der Waals surface area (Å²) in [6.45, 7) is 11.2. The molecule has 0 unspecified atom stereocenters. The third-order valence-electron chi connectivity index (χ3n) is 8.19. The van der Waals surface area contributed by atoms with E-state index in [9.17, 15) is 18.0 Å². The van der Waals surface area contributed by atoms with Crippen molar-refractivity contribution in [2.24, 2.45) is 5.92 Å². The van der Waals surface area contributed by atoms with E-state index in [1.165, 1.54) is 30.2 Å². The van der Waals surface area contributed by atoms with Crippen LogP contribution in [0.15, 0.2) is 42.6 Å². The topological polar surface area (TPSA) is 48.5 Å². The SMILES string of the molecule is C.CC(C)(C)c1ccc(CC2CCN(CCCC(=O)N3CCC(Nc4ccnc(C(F)(F)F)c4)CC3)CC2)cc1. The van der Waals surface area contributed by atoms with Gasteiger partial charge in [0.05, 0.1) is 0 Å². The number of nitrogens with one attached hydrogen (secondary N) is 1. The summed E-state index contributed by atoms with van der Waals surface area (Å²) in [5.74, 6) is 0.913. The highest BCUT2D eigenvalue weighted by molar-refractivity contribution is 5.76. The molecule has 2 aromatic rings. The molecule has 0 saturated carbocycles. The molecule has 0 atom stereocenters. The van der Waals surface area contributed by atoms with Gasteiger partial charge >= 0.3 is 6.18 Å². The summed E-state index contributed by atoms with van der Waals surface area (Å²) in [5, 5.41) is 3.18. The average Bonchev–Trinajstić information content (AvgIpc) is 2.89. The molecule has 3 heterocycles. The van der Waals surface area contributed by atoms with Crippen LogP contribution in [0.1, 0.15) is 83.5 Å². The Morgan fingerprint density at radius 2 is 1.62 bits per heavy atom. The summed E-state index contributed by atoms with van der Waals surface area (Å²) in [6.07, 6.45) is 3.15. The number of amides is 1. The quantitative estimate of drug-likeness (QED) is 0.372. The lowest BCUT2D eigenvalue weighted by Gasteiger charge is -2.34. The fourth-order valence-electron chi connectivity index (χ4n) is 5.68. The second-order valence-electron chi connectivity index (χ2n) is 12.3. The molecule has 2 saturated heterocycles. The molecule has 2 fully saturated rings. The number of anilines is 1. The number of nitrogens with zero attached hydrogens (tertiary/aromatic N) is 3. The third-order valence-corrected chi connectivity index (χ3v) is 8.19. The van der Waals surface area contributed by atoms with E-state index >= 15 is 0 Å². The Hall–Kier alpha value is -2.61. The zero-order valence-electron chi connectivity index (χ0n) is 23.6. The van der Waals surface area contributed by atoms with Crippen molar-refractivity contribution in [2.45, 2.75) is 90.8 Å². The Morgan fingerprint density at radius 1 is 0.975 bits per heavy atom. The number of pyridine rings is 1. The number of alkyl halides is 3. The number of rotatable bonds is 8. The van der Waals surface area contributed by atoms with E-state index in [4.69, 9.17) is 0 Å². The molecular formula is C32H47F3N4O. The molecule has 1 aromatic carbocycles. The van der Waals surface area contributed by atoms with Crippen molar-refractivity contribution < 1.29 is 18.0 Å². The Bertz CT molecular complexity index is 1060. The molecule has 1 aromatic heterocycles. The lowest BCUT2D eigenvalue weighted by molar-refractivity contribution is -0.141. The summed E-state index contributed by atoms with van der Waals surface area (Å²) in [4.78, 5) is 20.6. The van der Waals surface area contributed by atoms with Gasteiger partial charge in [-0.05, 0) is 92.8 Å². The molecule has 40 heavy (non-hydrogen) atoms. The van der Waals surface area contributed by atoms with E-state index in [0.717, 1.165) is 57.3 Å². The van der Waals surface area contributed by atoms with Gasteiger partial charge in [0.15, 0.2) is 0 Å². The van der Waals surface area contributed by atoms with E-state index in [0.29, 0.717) is 25.2 Å². The molecule has 8 heteroatoms. The number of hydrogen-bond donors (Lipinski definition) is 1. The lowest BCUT2D eigenvalue weighted by Crippen LogP contribution is -2.42. The minimum Gasteiger partial charge on any atom is -0.382 e. The van der Waals surface area contributed by atoms with Crippen LogP contribution < -0.4 is 5.32 Å². The van der Waals surface area contributed by atoms with Crippen LogP contribution in [0.5, 0.6) is 0 Å². The van der Waals surface area contributed by atoms with Crippen molar-refractivity contribution in [1.29, 1.82) is 0 Å². The summed E-state index contributed by atoms with van der Waals surface area (Å²) >= 11 is 0. The Balaban J connectivity index is 0.00000441. The lowest BCUT2D eigenvalue weighted by atomic mass is 9.85. The van der Waals surface area contributed by atoms with Gasteiger partial charge in [0.2, 0.25) is 5.91 Å². The number of carbonyl (C=O) groups excluding carboxylic acids is 1. The number of piperidine rings is 2. The normalized spacial score (nSPS) is 17.9. The maximum Gasteiger partial charge on any atom is 0.433 e. The monoisotopic (exact) mass is 560 g/mol. The van der Waals surface area contributed by atoms with Crippen LogP contribution in [0.4, 0.5) is 18.9 Å². The van der Waals surface area contributed by atoms with E-state index < -0.39 is 11.9 Å². The van der Waals surface area contributed by atoms with Gasteiger partial charge in [0.25, 0.3) is 0 Å². The Labute approximate surface area is 238 Å². The molecule has 4 rings (SSSR count). The third kappa shape index (κ3) is 9.22. The van der Waals surface area contributed by atoms with Gasteiger partial charge in [-0.3, -0.25) is 9.78 Å². The van der Waals surface area contributed by atoms with Crippen molar-refractivity contribution in [1.82, 2.24) is 14.8 Å². The summed E-state index contributed by atoms with van der Waals surface area (Å²) < 4.78 is 38.7. The predicted molar refractivity (Wildman–Crippen MR) is 156 cm³/mol. The predicted octanol–water partition coefficient (Wildman–Crippen LogP) is 7.17. The first-order valence-electron chi connectivity index (χ1n) is 14.4. The van der Waals surface area contributed by atoms with Crippen molar-refractivity contribution in [3.8, 4) is 0 Å². The van der Waals surface area contributed by atoms with Crippen LogP contribution in [0.3, 0.4) is 0 Å². The average molecular weight is 561 g/mol. The van der Waals surface area contributed by atoms with Gasteiger partial charge in [-0.1, -0.05) is 52.5 Å². The number of benzene rings is 1. The fourth-order valence-corrected chi connectivity index (χ4v) is 5.68. The van der Waals surface area contributed by atoms with Crippen molar-refractivity contribution in [3.63, 3.8) is 0 Å². The first-order chi connectivity index (χ1) is 18.5. The van der Waals surface area contributed by atoms with Crippen molar-refractivity contribution in [2.75, 3.05) is 38.0 Å². The van der Waals surface area contributed by atoms with Gasteiger partial charge in [0.1, 0.15) is 5.69 Å². The minimum atomic E-state index is -4.46. The Morgan fingerprint density at radius 3 is 2.23 bits per heavy atom. The molecular weight excluding hydrogens is 513 g/mol. The molecule has 0 aliphatic carbocycles. The van der Waals surface area contributed by atoms with Crippen LogP contribution in [0.25, 0.3) is 0 Å². The van der Waals surface area contributed by atoms with Crippen molar-refractivity contribution in [3.05, 3.63) is 59.4 Å². The van der Waals surface area contributed by atoms with Crippen LogP contribution in [-0.4, -0.2) is 59.5 Å². The zero-order valence-corrected chi connectivity index (χ0v) is 23.6. The second kappa shape index (κ2) is 13.8. The van der Waals surface area contributed by atoms with Crippen molar-refractivity contribution >= 4 is 11.6 Å². The molecule has 2 aliphatic rings. The van der Waals surface area contributed by atoms with Crippen LogP contribution in [0.2, 0.25) is 0 Å². The van der Waals surface area contributed by atoms with E-state index in [-0.39, 0.29) is 24.8 Å². The highest BCUT2D eigenvalue weighted by Crippen LogP contribution is 2.30. The molecule has 2 aliphatic heterocycles. The molecule has 5 nitrogen and oxygen atoms in total. The number of hydrogen-bond acceptors (Lipinski definition) is 4. The first kappa shape index (κ1) is 31.9. The fraction of sp³-hybridized carbons (Fsp3) is 0.625. The first-order valence-corrected chi connectivity index (χ1v) is 14.4. The van der Waals surface area contributed by atoms with Crippen LogP contribution >= 0.6 is 0 Å². The highest BCUT2D eigenvalue weighted by atomic mass is 19.4. The van der Waals surface area contributed by atoms with Gasteiger partial charge in [0, 0.05) is 37.4 Å². The molecule has 0 spiro atoms. The second-order valence-corrected chi connectivity index (χ2v) is 12.3. The number of carbonyl (C=O) groups is 1. The molecule has 0 bridgehead atoms. The molecule has 0 radical (unpaired) electrons. The van der Waals surface area contributed by atoms with Crippen LogP contribution in [-0.2, 0) is 22.8 Å². The van der Waals surface area contributed by atoms with Gasteiger partial charge < -0.3 is 15.1 Å². The highest BCUT2D eigenvalue weighted by Gasteiger charge is 2.33. The molecule has 1 N–H and O–H groups in total. The van der Waals surface area contributed by atoms with Gasteiger partial charge in [-0.15, -0.1) is 0 Å². The zero-order chi connectivity index (χ0) is 28.0. The largest absolute Gasteiger partial charge is 0.433 e. The Kier molecular flexibility index (Phi) is 11.0. The number of halogens is 3. The summed E-state index contributed by atoms with van der Waals surface area (Å²) in [7, 11) is 0. The van der Waals surface area contributed by atoms with Gasteiger partial charge in [-0.2, -0.15) is 13.2 Å². The van der Waals surface area contributed by atoms with Gasteiger partial charge in [-0.25, -0.2) is 0 Å². The number of likely N-dealkylation sites (tertiary alicyclic amines) is 2. The summed E-state index contributed by atoms with van der Waals surface area (Å²) in [5.41, 5.74) is 2.52. The van der Waals surface area contributed by atoms with E-state index in [1.54, 1.807) is 6.07 Å². The standard InChI is InChI=1S/C31H43F3N4O.CH4/c1-30(2,3)25-8-6-23(7-9-25)21-24-11-17-37(18-12-24)16-4-5-29(39)38-19-13-26(14-20-38)36-27-10-15-35-28(22-27)31(32,33)34;/h6-10,15,22,24,26H,4-5,11-14,16-21H2,1-3H3,(H,35,36);1H4. The summed E-state index contributed by atoms with van der Waals surface area (Å²) in [6, 6.07) is 11.8. The maximum absolute atomic E-state index is 12.9. The number of aromatic nitrogens is 1. The maximum atomic E-state index is 12.9.